The first-order valence-corrected chi connectivity index (χ1v) is 5.83. The molecule has 0 aliphatic rings. The number of aliphatic hydroxyl groups is 2. The fourth-order valence-electron chi connectivity index (χ4n) is 1.46. The molecule has 0 bridgehead atoms. The van der Waals surface area contributed by atoms with Gasteiger partial charge in [0.2, 0.25) is 5.91 Å². The maximum atomic E-state index is 10.7. The Kier molecular flexibility index (Phi) is 5.21. The van der Waals surface area contributed by atoms with Crippen molar-refractivity contribution in [3.63, 3.8) is 0 Å². The molecule has 0 heterocycles. The summed E-state index contributed by atoms with van der Waals surface area (Å²) in [5.74, 6) is -0.266. The van der Waals surface area contributed by atoms with Gasteiger partial charge in [0.05, 0.1) is 0 Å². The molecule has 2 atom stereocenters. The third-order valence-electron chi connectivity index (χ3n) is 2.44. The number of nitrogens with one attached hydrogen (secondary N) is 1. The maximum absolute atomic E-state index is 10.7. The minimum atomic E-state index is -1.11. The lowest BCUT2D eigenvalue weighted by Crippen LogP contribution is -2.34. The van der Waals surface area contributed by atoms with E-state index in [0.717, 1.165) is 0 Å². The molecule has 98 valence electrons. The summed E-state index contributed by atoms with van der Waals surface area (Å²) in [6.07, 6.45) is -2.19. The van der Waals surface area contributed by atoms with Crippen LogP contribution in [-0.4, -0.2) is 33.8 Å². The van der Waals surface area contributed by atoms with Gasteiger partial charge in [0.15, 0.2) is 0 Å². The molecule has 6 heteroatoms. The maximum Gasteiger partial charge on any atom is 0.216 e. The summed E-state index contributed by atoms with van der Waals surface area (Å²) in [6, 6.07) is 6.68. The van der Waals surface area contributed by atoms with Gasteiger partial charge in [-0.15, -0.1) is 0 Å². The van der Waals surface area contributed by atoms with E-state index in [-0.39, 0.29) is 17.4 Å². The molecule has 0 saturated carbocycles. The predicted octanol–water partition coefficient (Wildman–Crippen LogP) is -0.149. The molecule has 18 heavy (non-hydrogen) atoms. The van der Waals surface area contributed by atoms with E-state index in [0.29, 0.717) is 11.1 Å². The van der Waals surface area contributed by atoms with Crippen molar-refractivity contribution in [1.82, 2.24) is 5.32 Å². The van der Waals surface area contributed by atoms with E-state index in [1.165, 1.54) is 6.92 Å². The van der Waals surface area contributed by atoms with E-state index in [2.05, 4.69) is 5.32 Å². The lowest BCUT2D eigenvalue weighted by Gasteiger charge is -2.18. The van der Waals surface area contributed by atoms with Crippen molar-refractivity contribution in [3.8, 4) is 0 Å². The number of benzene rings is 1. The van der Waals surface area contributed by atoms with Crippen LogP contribution in [-0.2, 0) is 4.79 Å². The third kappa shape index (κ3) is 4.06. The molecule has 0 spiro atoms. The lowest BCUT2D eigenvalue weighted by atomic mass is 10.0. The Bertz CT molecular complexity index is 451. The van der Waals surface area contributed by atoms with Crippen LogP contribution >= 0.6 is 12.2 Å². The fraction of sp³-hybridized carbons (Fsp3) is 0.333. The van der Waals surface area contributed by atoms with Crippen LogP contribution in [0.4, 0.5) is 0 Å². The standard InChI is InChI=1S/C12H16N2O3S/c1-7(15)14-6-10(16)11(17)8-3-2-4-9(5-8)12(13)18/h2-5,10-11,16-17H,6H2,1H3,(H2,13,18)(H,14,15). The zero-order valence-corrected chi connectivity index (χ0v) is 10.8. The Morgan fingerprint density at radius 3 is 2.72 bits per heavy atom. The van der Waals surface area contributed by atoms with Gasteiger partial charge in [-0.1, -0.05) is 30.4 Å². The second-order valence-electron chi connectivity index (χ2n) is 3.94. The van der Waals surface area contributed by atoms with Crippen molar-refractivity contribution in [2.24, 2.45) is 5.73 Å². The normalized spacial score (nSPS) is 13.7. The molecule has 2 unspecified atom stereocenters. The number of rotatable bonds is 5. The average molecular weight is 268 g/mol. The number of nitrogens with two attached hydrogens (primary N) is 1. The third-order valence-corrected chi connectivity index (χ3v) is 2.67. The number of hydrogen-bond acceptors (Lipinski definition) is 4. The van der Waals surface area contributed by atoms with Crippen molar-refractivity contribution in [2.75, 3.05) is 6.54 Å². The quantitative estimate of drug-likeness (QED) is 0.557. The van der Waals surface area contributed by atoms with Gasteiger partial charge >= 0.3 is 0 Å². The summed E-state index contributed by atoms with van der Waals surface area (Å²) in [5, 5.41) is 22.1. The van der Waals surface area contributed by atoms with Crippen LogP contribution in [0.3, 0.4) is 0 Å². The Labute approximate surface area is 111 Å². The number of carbonyl (C=O) groups is 1. The minimum Gasteiger partial charge on any atom is -0.389 e. The van der Waals surface area contributed by atoms with Gasteiger partial charge in [-0.2, -0.15) is 0 Å². The van der Waals surface area contributed by atoms with E-state index in [4.69, 9.17) is 18.0 Å². The summed E-state index contributed by atoms with van der Waals surface area (Å²) < 4.78 is 0. The van der Waals surface area contributed by atoms with Crippen LogP contribution < -0.4 is 11.1 Å². The van der Waals surface area contributed by atoms with Crippen molar-refractivity contribution >= 4 is 23.1 Å². The van der Waals surface area contributed by atoms with Crippen LogP contribution in [0.15, 0.2) is 24.3 Å². The molecular weight excluding hydrogens is 252 g/mol. The van der Waals surface area contributed by atoms with Gasteiger partial charge in [-0.3, -0.25) is 4.79 Å². The van der Waals surface area contributed by atoms with Crippen LogP contribution in [0.5, 0.6) is 0 Å². The molecule has 5 nitrogen and oxygen atoms in total. The summed E-state index contributed by atoms with van der Waals surface area (Å²) >= 11 is 4.84. The topological polar surface area (TPSA) is 95.6 Å². The Morgan fingerprint density at radius 1 is 1.50 bits per heavy atom. The zero-order valence-electron chi connectivity index (χ0n) is 9.96. The highest BCUT2D eigenvalue weighted by Gasteiger charge is 2.18. The van der Waals surface area contributed by atoms with Crippen molar-refractivity contribution in [2.45, 2.75) is 19.1 Å². The predicted molar refractivity (Wildman–Crippen MR) is 72.0 cm³/mol. The number of thiocarbonyl (C=S) groups is 1. The van der Waals surface area contributed by atoms with Crippen LogP contribution in [0.25, 0.3) is 0 Å². The molecule has 0 aliphatic heterocycles. The van der Waals surface area contributed by atoms with Gasteiger partial charge < -0.3 is 21.3 Å². The molecule has 5 N–H and O–H groups in total. The van der Waals surface area contributed by atoms with E-state index >= 15 is 0 Å². The van der Waals surface area contributed by atoms with Crippen LogP contribution in [0.1, 0.15) is 24.2 Å². The molecule has 1 rings (SSSR count). The SMILES string of the molecule is CC(=O)NCC(O)C(O)c1cccc(C(N)=S)c1. The van der Waals surface area contributed by atoms with Gasteiger partial charge in [0.1, 0.15) is 17.2 Å². The number of carbonyl (C=O) groups excluding carboxylic acids is 1. The smallest absolute Gasteiger partial charge is 0.216 e. The van der Waals surface area contributed by atoms with Gasteiger partial charge in [0.25, 0.3) is 0 Å². The number of hydrogen-bond donors (Lipinski definition) is 4. The average Bonchev–Trinajstić information content (AvgIpc) is 2.35. The monoisotopic (exact) mass is 268 g/mol. The summed E-state index contributed by atoms with van der Waals surface area (Å²) in [7, 11) is 0. The molecule has 1 aromatic rings. The molecule has 1 amide bonds. The summed E-state index contributed by atoms with van der Waals surface area (Å²) in [4.78, 5) is 10.9. The molecule has 0 radical (unpaired) electrons. The van der Waals surface area contributed by atoms with Gasteiger partial charge in [-0.25, -0.2) is 0 Å². The van der Waals surface area contributed by atoms with E-state index < -0.39 is 12.2 Å². The molecule has 0 aromatic heterocycles. The molecule has 1 aromatic carbocycles. The highest BCUT2D eigenvalue weighted by molar-refractivity contribution is 7.80. The Balaban J connectivity index is 2.76. The molecule has 0 aliphatic carbocycles. The largest absolute Gasteiger partial charge is 0.389 e. The first kappa shape index (κ1) is 14.6. The van der Waals surface area contributed by atoms with Crippen molar-refractivity contribution < 1.29 is 15.0 Å². The van der Waals surface area contributed by atoms with Crippen LogP contribution in [0, 0.1) is 0 Å². The van der Waals surface area contributed by atoms with Gasteiger partial charge in [-0.05, 0) is 11.6 Å². The van der Waals surface area contributed by atoms with E-state index in [1.807, 2.05) is 0 Å². The first-order valence-electron chi connectivity index (χ1n) is 5.42. The second-order valence-corrected chi connectivity index (χ2v) is 4.38. The Morgan fingerprint density at radius 2 is 2.17 bits per heavy atom. The number of amides is 1. The van der Waals surface area contributed by atoms with Crippen molar-refractivity contribution in [1.29, 1.82) is 0 Å². The van der Waals surface area contributed by atoms with E-state index in [9.17, 15) is 15.0 Å². The second kappa shape index (κ2) is 6.44. The van der Waals surface area contributed by atoms with Crippen LogP contribution in [0.2, 0.25) is 0 Å². The lowest BCUT2D eigenvalue weighted by molar-refractivity contribution is -0.119. The van der Waals surface area contributed by atoms with E-state index in [1.54, 1.807) is 24.3 Å². The minimum absolute atomic E-state index is 0.0200. The first-order chi connectivity index (χ1) is 8.41. The zero-order chi connectivity index (χ0) is 13.7. The summed E-state index contributed by atoms with van der Waals surface area (Å²) in [5.41, 5.74) is 6.60. The molecule has 0 fully saturated rings. The Hall–Kier alpha value is -1.50. The van der Waals surface area contributed by atoms with Crippen molar-refractivity contribution in [3.05, 3.63) is 35.4 Å². The summed E-state index contributed by atoms with van der Waals surface area (Å²) in [6.45, 7) is 1.32. The highest BCUT2D eigenvalue weighted by atomic mass is 32.1. The molecular formula is C12H16N2O3S. The number of aliphatic hydroxyl groups excluding tert-OH is 2. The fourth-order valence-corrected chi connectivity index (χ4v) is 1.58. The van der Waals surface area contributed by atoms with Gasteiger partial charge in [0, 0.05) is 19.0 Å². The highest BCUT2D eigenvalue weighted by Crippen LogP contribution is 2.18. The molecule has 0 saturated heterocycles.